The molecule has 1 aliphatic rings. The number of alkyl halides is 2. The Morgan fingerprint density at radius 3 is 2.65 bits per heavy atom. The van der Waals surface area contributed by atoms with Crippen molar-refractivity contribution in [2.75, 3.05) is 0 Å². The molecule has 1 aromatic heterocycles. The van der Waals surface area contributed by atoms with Gasteiger partial charge in [0.05, 0.1) is 11.7 Å². The normalized spacial score (nSPS) is 16.2. The SMILES string of the molecule is CC(F)(F)c1cccc(C2NCc3c(Cl)cccc3-n3cccc32)c1.Cl. The highest BCUT2D eigenvalue weighted by Crippen LogP contribution is 2.35. The van der Waals surface area contributed by atoms with Gasteiger partial charge in [-0.05, 0) is 35.9 Å². The topological polar surface area (TPSA) is 17.0 Å². The van der Waals surface area contributed by atoms with E-state index in [2.05, 4.69) is 9.88 Å². The number of rotatable bonds is 2. The van der Waals surface area contributed by atoms with Crippen molar-refractivity contribution in [1.29, 1.82) is 0 Å². The van der Waals surface area contributed by atoms with E-state index in [0.29, 0.717) is 11.6 Å². The Morgan fingerprint density at radius 2 is 1.88 bits per heavy atom. The summed E-state index contributed by atoms with van der Waals surface area (Å²) >= 11 is 6.37. The van der Waals surface area contributed by atoms with E-state index in [9.17, 15) is 8.78 Å². The predicted octanol–water partition coefficient (Wildman–Crippen LogP) is 5.86. The van der Waals surface area contributed by atoms with E-state index in [1.54, 1.807) is 12.1 Å². The highest BCUT2D eigenvalue weighted by atomic mass is 35.5. The second kappa shape index (κ2) is 7.03. The molecule has 1 atom stereocenters. The van der Waals surface area contributed by atoms with Crippen LogP contribution >= 0.6 is 24.0 Å². The minimum Gasteiger partial charge on any atom is -0.319 e. The lowest BCUT2D eigenvalue weighted by molar-refractivity contribution is 0.0174. The van der Waals surface area contributed by atoms with E-state index in [0.717, 1.165) is 29.4 Å². The van der Waals surface area contributed by atoms with Gasteiger partial charge in [-0.3, -0.25) is 0 Å². The first-order valence-corrected chi connectivity index (χ1v) is 8.49. The Kier molecular flexibility index (Phi) is 5.11. The van der Waals surface area contributed by atoms with Crippen molar-refractivity contribution in [2.45, 2.75) is 25.4 Å². The van der Waals surface area contributed by atoms with Crippen LogP contribution in [0, 0.1) is 0 Å². The number of halogens is 4. The summed E-state index contributed by atoms with van der Waals surface area (Å²) in [4.78, 5) is 0. The van der Waals surface area contributed by atoms with Gasteiger partial charge in [0.2, 0.25) is 0 Å². The average Bonchev–Trinajstić information content (AvgIpc) is 2.99. The van der Waals surface area contributed by atoms with E-state index in [1.807, 2.05) is 42.6 Å². The summed E-state index contributed by atoms with van der Waals surface area (Å²) in [5, 5.41) is 4.16. The fourth-order valence-electron chi connectivity index (χ4n) is 3.39. The van der Waals surface area contributed by atoms with Crippen LogP contribution in [0.5, 0.6) is 0 Å². The van der Waals surface area contributed by atoms with Gasteiger partial charge >= 0.3 is 0 Å². The van der Waals surface area contributed by atoms with Crippen LogP contribution < -0.4 is 5.32 Å². The van der Waals surface area contributed by atoms with E-state index in [-0.39, 0.29) is 24.0 Å². The highest BCUT2D eigenvalue weighted by molar-refractivity contribution is 6.31. The van der Waals surface area contributed by atoms with E-state index in [4.69, 9.17) is 11.6 Å². The quantitative estimate of drug-likeness (QED) is 0.576. The Bertz CT molecular complexity index is 932. The molecule has 1 aliphatic heterocycles. The molecule has 1 unspecified atom stereocenters. The van der Waals surface area contributed by atoms with Crippen LogP contribution in [0.15, 0.2) is 60.8 Å². The molecule has 0 bridgehead atoms. The Hall–Kier alpha value is -1.88. The summed E-state index contributed by atoms with van der Waals surface area (Å²) in [6.07, 6.45) is 1.97. The van der Waals surface area contributed by atoms with E-state index in [1.165, 1.54) is 6.07 Å². The molecule has 0 spiro atoms. The van der Waals surface area contributed by atoms with E-state index >= 15 is 0 Å². The molecule has 0 fully saturated rings. The number of nitrogens with one attached hydrogen (secondary N) is 1. The van der Waals surface area contributed by atoms with Gasteiger partial charge in [0.1, 0.15) is 0 Å². The second-order valence-electron chi connectivity index (χ2n) is 6.37. The molecule has 0 amide bonds. The third kappa shape index (κ3) is 3.25. The molecule has 2 aromatic carbocycles. The zero-order valence-corrected chi connectivity index (χ0v) is 15.6. The highest BCUT2D eigenvalue weighted by Gasteiger charge is 2.28. The zero-order chi connectivity index (χ0) is 17.6. The summed E-state index contributed by atoms with van der Waals surface area (Å²) in [6.45, 7) is 1.49. The largest absolute Gasteiger partial charge is 0.319 e. The first-order chi connectivity index (χ1) is 11.9. The number of hydrogen-bond acceptors (Lipinski definition) is 1. The van der Waals surface area contributed by atoms with Gasteiger partial charge in [0.15, 0.2) is 0 Å². The molecule has 0 saturated carbocycles. The van der Waals surface area contributed by atoms with Gasteiger partial charge in [-0.1, -0.05) is 35.9 Å². The zero-order valence-electron chi connectivity index (χ0n) is 14.0. The van der Waals surface area contributed by atoms with Crippen molar-refractivity contribution in [3.8, 4) is 5.69 Å². The van der Waals surface area contributed by atoms with Crippen molar-refractivity contribution in [2.24, 2.45) is 0 Å². The maximum Gasteiger partial charge on any atom is 0.270 e. The lowest BCUT2D eigenvalue weighted by Gasteiger charge is -2.20. The van der Waals surface area contributed by atoms with Crippen LogP contribution in [0.3, 0.4) is 0 Å². The maximum absolute atomic E-state index is 13.7. The molecule has 136 valence electrons. The Labute approximate surface area is 162 Å². The van der Waals surface area contributed by atoms with Crippen molar-refractivity contribution in [3.63, 3.8) is 0 Å². The van der Waals surface area contributed by atoms with Crippen molar-refractivity contribution < 1.29 is 8.78 Å². The minimum atomic E-state index is -2.87. The number of aromatic nitrogens is 1. The lowest BCUT2D eigenvalue weighted by Crippen LogP contribution is -2.22. The third-order valence-electron chi connectivity index (χ3n) is 4.64. The molecule has 1 N–H and O–H groups in total. The van der Waals surface area contributed by atoms with Crippen molar-refractivity contribution in [3.05, 3.63) is 88.2 Å². The molecule has 26 heavy (non-hydrogen) atoms. The first-order valence-electron chi connectivity index (χ1n) is 8.12. The Balaban J connectivity index is 0.00000196. The molecular weight excluding hydrogens is 377 g/mol. The molecule has 2 nitrogen and oxygen atoms in total. The van der Waals surface area contributed by atoms with Crippen LogP contribution in [0.25, 0.3) is 5.69 Å². The standard InChI is InChI=1S/C20H17ClF2N2.ClH/c1-20(22,23)14-6-2-5-13(11-14)19-18-9-4-10-25(18)17-8-3-7-16(21)15(17)12-24-19;/h2-11,19,24H,12H2,1H3;1H. The van der Waals surface area contributed by atoms with Gasteiger partial charge < -0.3 is 9.88 Å². The molecule has 3 aromatic rings. The monoisotopic (exact) mass is 394 g/mol. The maximum atomic E-state index is 13.7. The summed E-state index contributed by atoms with van der Waals surface area (Å²) < 4.78 is 29.6. The summed E-state index contributed by atoms with van der Waals surface area (Å²) in [5.41, 5.74) is 3.84. The summed E-state index contributed by atoms with van der Waals surface area (Å²) in [7, 11) is 0. The lowest BCUT2D eigenvalue weighted by atomic mass is 9.99. The molecule has 2 heterocycles. The number of fused-ring (bicyclic) bond motifs is 3. The average molecular weight is 395 g/mol. The van der Waals surface area contributed by atoms with Crippen LogP contribution in [-0.4, -0.2) is 4.57 Å². The predicted molar refractivity (Wildman–Crippen MR) is 103 cm³/mol. The second-order valence-corrected chi connectivity index (χ2v) is 6.78. The molecule has 6 heteroatoms. The minimum absolute atomic E-state index is 0. The van der Waals surface area contributed by atoms with Gasteiger partial charge in [-0.25, -0.2) is 8.78 Å². The van der Waals surface area contributed by atoms with Crippen molar-refractivity contribution >= 4 is 24.0 Å². The van der Waals surface area contributed by atoms with Crippen LogP contribution in [0.1, 0.15) is 35.3 Å². The fourth-order valence-corrected chi connectivity index (χ4v) is 3.62. The van der Waals surface area contributed by atoms with Crippen LogP contribution in [0.4, 0.5) is 8.78 Å². The smallest absolute Gasteiger partial charge is 0.270 e. The first kappa shape index (κ1) is 18.9. The summed E-state index contributed by atoms with van der Waals surface area (Å²) in [5.74, 6) is -2.87. The molecule has 0 saturated heterocycles. The number of hydrogen-bond donors (Lipinski definition) is 1. The van der Waals surface area contributed by atoms with Crippen LogP contribution in [-0.2, 0) is 12.5 Å². The van der Waals surface area contributed by atoms with Crippen LogP contribution in [0.2, 0.25) is 5.02 Å². The van der Waals surface area contributed by atoms with E-state index < -0.39 is 5.92 Å². The number of benzene rings is 2. The van der Waals surface area contributed by atoms with Gasteiger partial charge in [0.25, 0.3) is 5.92 Å². The van der Waals surface area contributed by atoms with Crippen molar-refractivity contribution in [1.82, 2.24) is 9.88 Å². The van der Waals surface area contributed by atoms with Gasteiger partial charge in [-0.15, -0.1) is 12.4 Å². The van der Waals surface area contributed by atoms with Gasteiger partial charge in [-0.2, -0.15) is 0 Å². The molecule has 0 aliphatic carbocycles. The fraction of sp³-hybridized carbons (Fsp3) is 0.200. The Morgan fingerprint density at radius 1 is 1.12 bits per heavy atom. The molecule has 4 rings (SSSR count). The molecular formula is C20H18Cl2F2N2. The van der Waals surface area contributed by atoms with Gasteiger partial charge in [0, 0.05) is 41.5 Å². The molecule has 0 radical (unpaired) electrons. The number of nitrogens with zero attached hydrogens (tertiary/aromatic N) is 1. The third-order valence-corrected chi connectivity index (χ3v) is 4.99. The summed E-state index contributed by atoms with van der Waals surface area (Å²) in [6, 6.07) is 16.2.